The van der Waals surface area contributed by atoms with E-state index in [0.29, 0.717) is 36.1 Å². The van der Waals surface area contributed by atoms with Crippen molar-refractivity contribution >= 4 is 23.7 Å². The zero-order chi connectivity index (χ0) is 30.0. The highest BCUT2D eigenvalue weighted by Crippen LogP contribution is 2.34. The van der Waals surface area contributed by atoms with Crippen LogP contribution in [-0.2, 0) is 14.4 Å². The number of amides is 3. The fourth-order valence-electron chi connectivity index (χ4n) is 3.51. The summed E-state index contributed by atoms with van der Waals surface area (Å²) in [5.41, 5.74) is 1.83. The van der Waals surface area contributed by atoms with Crippen molar-refractivity contribution in [2.45, 2.75) is 53.8 Å². The molecule has 1 aliphatic heterocycles. The number of aromatic nitrogens is 2. The number of nitrogens with zero attached hydrogens (tertiary/aromatic N) is 4. The smallest absolute Gasteiger partial charge is 0.340 e. The Balaban J connectivity index is 0.000000343. The lowest BCUT2D eigenvalue weighted by molar-refractivity contribution is -0.174. The number of pyridine rings is 1. The van der Waals surface area contributed by atoms with Crippen LogP contribution in [0.2, 0.25) is 0 Å². The van der Waals surface area contributed by atoms with Crippen LogP contribution in [0.15, 0.2) is 24.5 Å². The summed E-state index contributed by atoms with van der Waals surface area (Å²) in [4.78, 5) is 34.1. The molecule has 1 unspecified atom stereocenters. The maximum absolute atomic E-state index is 11.9. The zero-order valence-electron chi connectivity index (χ0n) is 23.0. The number of hydrogen-bond donors (Lipinski definition) is 2. The van der Waals surface area contributed by atoms with Crippen molar-refractivity contribution in [3.63, 3.8) is 0 Å². The summed E-state index contributed by atoms with van der Waals surface area (Å²) in [6, 6.07) is 4.77. The van der Waals surface area contributed by atoms with E-state index in [2.05, 4.69) is 37.1 Å². The molecule has 3 amide bonds. The van der Waals surface area contributed by atoms with E-state index in [0.717, 1.165) is 5.92 Å². The van der Waals surface area contributed by atoms with Crippen LogP contribution < -0.4 is 10.6 Å². The van der Waals surface area contributed by atoms with Crippen LogP contribution in [0.4, 0.5) is 13.2 Å². The number of carbonyl (C=O) groups excluding carboxylic acids is 3. The Morgan fingerprint density at radius 3 is 2.41 bits per heavy atom. The molecule has 12 heteroatoms. The topological polar surface area (TPSA) is 120 Å². The predicted molar refractivity (Wildman–Crippen MR) is 140 cm³/mol. The minimum atomic E-state index is -4.95. The lowest BCUT2D eigenvalue weighted by Gasteiger charge is -2.22. The minimum Gasteiger partial charge on any atom is -0.340 e. The molecule has 3 heterocycles. The molecule has 2 aromatic heterocycles. The third kappa shape index (κ3) is 9.64. The van der Waals surface area contributed by atoms with Crippen molar-refractivity contribution in [3.05, 3.63) is 35.7 Å². The van der Waals surface area contributed by atoms with E-state index >= 15 is 0 Å². The number of terminal acetylenes is 1. The van der Waals surface area contributed by atoms with Crippen molar-refractivity contribution in [2.75, 3.05) is 19.6 Å². The molecule has 212 valence electrons. The molecule has 9 nitrogen and oxygen atoms in total. The maximum atomic E-state index is 11.9. The average molecular weight is 549 g/mol. The quantitative estimate of drug-likeness (QED) is 0.438. The summed E-state index contributed by atoms with van der Waals surface area (Å²) >= 11 is 0. The van der Waals surface area contributed by atoms with Gasteiger partial charge in [-0.05, 0) is 29.4 Å². The van der Waals surface area contributed by atoms with E-state index in [1.54, 1.807) is 28.2 Å². The molecule has 0 bridgehead atoms. The van der Waals surface area contributed by atoms with Gasteiger partial charge in [0.1, 0.15) is 6.04 Å². The first-order chi connectivity index (χ1) is 18.1. The molecule has 0 aromatic carbocycles. The Labute approximate surface area is 226 Å². The van der Waals surface area contributed by atoms with E-state index in [9.17, 15) is 27.6 Å². The summed E-state index contributed by atoms with van der Waals surface area (Å²) in [7, 11) is 0. The highest BCUT2D eigenvalue weighted by atomic mass is 19.4. The lowest BCUT2D eigenvalue weighted by atomic mass is 9.84. The molecule has 0 aliphatic carbocycles. The first kappa shape index (κ1) is 33.0. The summed E-state index contributed by atoms with van der Waals surface area (Å²) in [5.74, 6) is 1.08. The average Bonchev–Trinajstić information content (AvgIpc) is 3.40. The normalized spacial score (nSPS) is 16.5. The molecule has 0 radical (unpaired) electrons. The van der Waals surface area contributed by atoms with Gasteiger partial charge in [-0.15, -0.1) is 6.42 Å². The fourth-order valence-corrected chi connectivity index (χ4v) is 3.51. The maximum Gasteiger partial charge on any atom is 0.471 e. The number of nitriles is 1. The monoisotopic (exact) mass is 548 g/mol. The van der Waals surface area contributed by atoms with Gasteiger partial charge in [-0.3, -0.25) is 14.4 Å². The third-order valence-corrected chi connectivity index (χ3v) is 5.84. The number of halogens is 3. The molecular weight excluding hydrogens is 513 g/mol. The van der Waals surface area contributed by atoms with Crippen LogP contribution in [0.25, 0.3) is 5.52 Å². The molecule has 39 heavy (non-hydrogen) atoms. The van der Waals surface area contributed by atoms with Crippen LogP contribution in [0.5, 0.6) is 0 Å². The summed E-state index contributed by atoms with van der Waals surface area (Å²) in [5, 5.41) is 17.1. The van der Waals surface area contributed by atoms with Crippen LogP contribution in [0, 0.1) is 40.9 Å². The van der Waals surface area contributed by atoms with Crippen LogP contribution in [-0.4, -0.2) is 58.5 Å². The summed E-state index contributed by atoms with van der Waals surface area (Å²) < 4.78 is 37.4. The predicted octanol–water partition coefficient (Wildman–Crippen LogP) is 3.46. The third-order valence-electron chi connectivity index (χ3n) is 5.84. The SMILES string of the molecule is C#Cc1cccn2ncc(C(C#N)NC=O)c12.CC(C)C.C[C@H]1CN(C(=O)CNC(=O)C(F)(F)F)CC1(C)C. The molecule has 2 aromatic rings. The van der Waals surface area contributed by atoms with Crippen molar-refractivity contribution < 1.29 is 27.6 Å². The van der Waals surface area contributed by atoms with Gasteiger partial charge >= 0.3 is 12.1 Å². The Morgan fingerprint density at radius 1 is 1.33 bits per heavy atom. The second kappa shape index (κ2) is 14.2. The van der Waals surface area contributed by atoms with Gasteiger partial charge in [0.25, 0.3) is 0 Å². The number of alkyl halides is 3. The lowest BCUT2D eigenvalue weighted by Crippen LogP contribution is -2.44. The Bertz CT molecular complexity index is 1220. The van der Waals surface area contributed by atoms with E-state index in [1.807, 2.05) is 26.8 Å². The van der Waals surface area contributed by atoms with Gasteiger partial charge in [0, 0.05) is 24.8 Å². The molecule has 0 spiro atoms. The van der Waals surface area contributed by atoms with Crippen LogP contribution in [0.3, 0.4) is 0 Å². The van der Waals surface area contributed by atoms with Gasteiger partial charge in [0.05, 0.1) is 29.9 Å². The number of hydrogen-bond acceptors (Lipinski definition) is 5. The molecule has 2 N–H and O–H groups in total. The molecule has 1 fully saturated rings. The molecule has 1 saturated heterocycles. The number of nitrogens with one attached hydrogen (secondary N) is 2. The highest BCUT2D eigenvalue weighted by molar-refractivity contribution is 5.87. The standard InChI is InChI=1S/C12H8N4O.C11H17F3N2O2.C4H10/c1-2-9-4-3-5-16-12(9)10(7-15-16)11(6-13)14-8-17;1-7-5-16(6-10(7,2)3)8(17)4-15-9(18)11(12,13)14;1-4(2)3/h1,3-5,7-8,11H,(H,14,17);7H,4-6H2,1-3H3,(H,15,18);4H,1-3H3/t;7-;/m.0./s1. The molecular formula is C27H35F3N6O3. The second-order valence-corrected chi connectivity index (χ2v) is 10.4. The largest absolute Gasteiger partial charge is 0.471 e. The van der Waals surface area contributed by atoms with E-state index in [4.69, 9.17) is 11.7 Å². The number of fused-ring (bicyclic) bond motifs is 1. The summed E-state index contributed by atoms with van der Waals surface area (Å²) in [6.07, 6.45) is 4.19. The number of carbonyl (C=O) groups is 3. The van der Waals surface area contributed by atoms with Crippen molar-refractivity contribution in [1.29, 1.82) is 5.26 Å². The van der Waals surface area contributed by atoms with Crippen molar-refractivity contribution in [1.82, 2.24) is 25.1 Å². The number of likely N-dealkylation sites (tertiary alicyclic amines) is 1. The van der Waals surface area contributed by atoms with Gasteiger partial charge in [-0.1, -0.05) is 47.5 Å². The Morgan fingerprint density at radius 2 is 1.95 bits per heavy atom. The second-order valence-electron chi connectivity index (χ2n) is 10.4. The number of rotatable bonds is 5. The molecule has 2 atom stereocenters. The fraction of sp³-hybridized carbons (Fsp3) is 0.519. The minimum absolute atomic E-state index is 0.0519. The van der Waals surface area contributed by atoms with Crippen molar-refractivity contribution in [2.24, 2.45) is 17.3 Å². The van der Waals surface area contributed by atoms with E-state index < -0.39 is 30.6 Å². The van der Waals surface area contributed by atoms with Gasteiger partial charge in [-0.2, -0.15) is 23.5 Å². The van der Waals surface area contributed by atoms with Gasteiger partial charge in [-0.25, -0.2) is 4.52 Å². The highest BCUT2D eigenvalue weighted by Gasteiger charge is 2.41. The molecule has 3 rings (SSSR count). The van der Waals surface area contributed by atoms with E-state index in [-0.39, 0.29) is 11.3 Å². The van der Waals surface area contributed by atoms with E-state index in [1.165, 1.54) is 11.1 Å². The van der Waals surface area contributed by atoms with Crippen molar-refractivity contribution in [3.8, 4) is 18.4 Å². The molecule has 0 saturated carbocycles. The van der Waals surface area contributed by atoms with Gasteiger partial charge in [0.15, 0.2) is 0 Å². The van der Waals surface area contributed by atoms with Crippen LogP contribution >= 0.6 is 0 Å². The van der Waals surface area contributed by atoms with Gasteiger partial charge in [0.2, 0.25) is 12.3 Å². The first-order valence-corrected chi connectivity index (χ1v) is 12.2. The molecule has 1 aliphatic rings. The Kier molecular flexibility index (Phi) is 12.0. The first-order valence-electron chi connectivity index (χ1n) is 12.2. The Hall–Kier alpha value is -4.06. The zero-order valence-corrected chi connectivity index (χ0v) is 23.0. The van der Waals surface area contributed by atoms with Gasteiger partial charge < -0.3 is 15.5 Å². The van der Waals surface area contributed by atoms with Crippen LogP contribution in [0.1, 0.15) is 58.7 Å². The summed E-state index contributed by atoms with van der Waals surface area (Å²) in [6.45, 7) is 12.9.